The predicted octanol–water partition coefficient (Wildman–Crippen LogP) is 2.41. The molecule has 0 saturated carbocycles. The molecule has 1 atom stereocenters. The van der Waals surface area contributed by atoms with Crippen LogP contribution in [0.2, 0.25) is 5.02 Å². The monoisotopic (exact) mass is 294 g/mol. The normalized spacial score (nSPS) is 15.2. The number of fused-ring (bicyclic) bond motifs is 1. The summed E-state index contributed by atoms with van der Waals surface area (Å²) in [4.78, 5) is 0. The number of rotatable bonds is 3. The number of aliphatic hydroxyl groups is 1. The molecule has 0 radical (unpaired) electrons. The van der Waals surface area contributed by atoms with Gasteiger partial charge in [0.2, 0.25) is 0 Å². The van der Waals surface area contributed by atoms with Crippen LogP contribution >= 0.6 is 11.6 Å². The van der Waals surface area contributed by atoms with E-state index in [0.29, 0.717) is 47.5 Å². The van der Waals surface area contributed by atoms with E-state index in [1.54, 1.807) is 4.68 Å². The minimum atomic E-state index is -0.901. The highest BCUT2D eigenvalue weighted by Crippen LogP contribution is 2.40. The summed E-state index contributed by atoms with van der Waals surface area (Å²) in [6, 6.07) is 5.46. The van der Waals surface area contributed by atoms with Crippen molar-refractivity contribution in [3.63, 3.8) is 0 Å². The number of para-hydroxylation sites is 1. The maximum absolute atomic E-state index is 10.6. The quantitative estimate of drug-likeness (QED) is 0.944. The molecule has 106 valence electrons. The number of aryl methyl sites for hydroxylation is 1. The molecule has 1 N–H and O–H groups in total. The first-order chi connectivity index (χ1) is 9.72. The molecule has 1 aliphatic heterocycles. The summed E-state index contributed by atoms with van der Waals surface area (Å²) in [5, 5.41) is 15.2. The first kappa shape index (κ1) is 13.3. The number of hydrogen-bond donors (Lipinski definition) is 1. The molecule has 3 rings (SSSR count). The Bertz CT molecular complexity index is 627. The van der Waals surface area contributed by atoms with Gasteiger partial charge in [0.1, 0.15) is 19.3 Å². The summed E-state index contributed by atoms with van der Waals surface area (Å²) in [5.41, 5.74) is 1.20. The maximum atomic E-state index is 10.6. The number of ether oxygens (including phenoxy) is 2. The van der Waals surface area contributed by atoms with Crippen LogP contribution in [0.15, 0.2) is 24.4 Å². The zero-order chi connectivity index (χ0) is 14.1. The molecule has 2 aromatic rings. The summed E-state index contributed by atoms with van der Waals surface area (Å²) >= 11 is 6.14. The lowest BCUT2D eigenvalue weighted by Gasteiger charge is -2.23. The van der Waals surface area contributed by atoms with Crippen LogP contribution in [0.4, 0.5) is 0 Å². The van der Waals surface area contributed by atoms with Gasteiger partial charge in [-0.1, -0.05) is 23.7 Å². The molecule has 20 heavy (non-hydrogen) atoms. The first-order valence-electron chi connectivity index (χ1n) is 6.50. The van der Waals surface area contributed by atoms with Gasteiger partial charge in [0.05, 0.1) is 16.9 Å². The minimum Gasteiger partial charge on any atom is -0.486 e. The zero-order valence-electron chi connectivity index (χ0n) is 11.0. The van der Waals surface area contributed by atoms with Crippen molar-refractivity contribution in [1.29, 1.82) is 0 Å². The zero-order valence-corrected chi connectivity index (χ0v) is 11.8. The van der Waals surface area contributed by atoms with Gasteiger partial charge < -0.3 is 14.6 Å². The van der Waals surface area contributed by atoms with E-state index in [0.717, 1.165) is 0 Å². The summed E-state index contributed by atoms with van der Waals surface area (Å²) in [7, 11) is 0. The van der Waals surface area contributed by atoms with Crippen LogP contribution in [0.25, 0.3) is 0 Å². The van der Waals surface area contributed by atoms with Gasteiger partial charge in [0, 0.05) is 12.1 Å². The van der Waals surface area contributed by atoms with Crippen molar-refractivity contribution in [1.82, 2.24) is 9.78 Å². The van der Waals surface area contributed by atoms with Crippen LogP contribution in [0, 0.1) is 0 Å². The highest BCUT2D eigenvalue weighted by Gasteiger charge is 2.25. The van der Waals surface area contributed by atoms with Crippen molar-refractivity contribution in [2.45, 2.75) is 19.6 Å². The standard InChI is InChI=1S/C14H15ClN2O3/c1-2-17-12(10(15)8-16-17)13(18)9-4-3-5-11-14(9)20-7-6-19-11/h3-5,8,13,18H,2,6-7H2,1H3. The largest absolute Gasteiger partial charge is 0.486 e. The van der Waals surface area contributed by atoms with E-state index >= 15 is 0 Å². The number of benzene rings is 1. The van der Waals surface area contributed by atoms with Crippen molar-refractivity contribution >= 4 is 11.6 Å². The average molecular weight is 295 g/mol. The second-order valence-electron chi connectivity index (χ2n) is 4.47. The number of halogens is 1. The van der Waals surface area contributed by atoms with E-state index in [1.165, 1.54) is 6.20 Å². The van der Waals surface area contributed by atoms with Crippen LogP contribution in [0.3, 0.4) is 0 Å². The van der Waals surface area contributed by atoms with Gasteiger partial charge in [0.25, 0.3) is 0 Å². The lowest BCUT2D eigenvalue weighted by Crippen LogP contribution is -2.18. The van der Waals surface area contributed by atoms with Crippen LogP contribution in [-0.4, -0.2) is 28.1 Å². The fourth-order valence-electron chi connectivity index (χ4n) is 2.35. The molecular weight excluding hydrogens is 280 g/mol. The number of nitrogens with zero attached hydrogens (tertiary/aromatic N) is 2. The molecule has 0 aliphatic carbocycles. The Morgan fingerprint density at radius 1 is 1.40 bits per heavy atom. The number of aromatic nitrogens is 2. The van der Waals surface area contributed by atoms with Crippen LogP contribution in [0.5, 0.6) is 11.5 Å². The summed E-state index contributed by atoms with van der Waals surface area (Å²) in [5.74, 6) is 1.22. The Hall–Kier alpha value is -1.72. The van der Waals surface area contributed by atoms with Gasteiger partial charge in [-0.05, 0) is 13.0 Å². The van der Waals surface area contributed by atoms with E-state index < -0.39 is 6.10 Å². The summed E-state index contributed by atoms with van der Waals surface area (Å²) in [6.07, 6.45) is 0.637. The molecule has 1 aliphatic rings. The van der Waals surface area contributed by atoms with Gasteiger partial charge >= 0.3 is 0 Å². The third-order valence-electron chi connectivity index (χ3n) is 3.28. The summed E-state index contributed by atoms with van der Waals surface area (Å²) in [6.45, 7) is 3.56. The van der Waals surface area contributed by atoms with Crippen molar-refractivity contribution < 1.29 is 14.6 Å². The van der Waals surface area contributed by atoms with Gasteiger partial charge in [-0.25, -0.2) is 0 Å². The fourth-order valence-corrected chi connectivity index (χ4v) is 2.60. The maximum Gasteiger partial charge on any atom is 0.167 e. The topological polar surface area (TPSA) is 56.5 Å². The van der Waals surface area contributed by atoms with Crippen molar-refractivity contribution in [2.24, 2.45) is 0 Å². The summed E-state index contributed by atoms with van der Waals surface area (Å²) < 4.78 is 12.8. The van der Waals surface area contributed by atoms with Gasteiger partial charge in [-0.15, -0.1) is 0 Å². The van der Waals surface area contributed by atoms with Crippen LogP contribution in [-0.2, 0) is 6.54 Å². The minimum absolute atomic E-state index is 0.439. The molecular formula is C14H15ClN2O3. The van der Waals surface area contributed by atoms with Crippen molar-refractivity contribution in [2.75, 3.05) is 13.2 Å². The van der Waals surface area contributed by atoms with Gasteiger partial charge in [-0.2, -0.15) is 5.10 Å². The van der Waals surface area contributed by atoms with Crippen molar-refractivity contribution in [3.8, 4) is 11.5 Å². The SMILES string of the molecule is CCn1ncc(Cl)c1C(O)c1cccc2c1OCCO2. The molecule has 2 heterocycles. The second kappa shape index (κ2) is 5.34. The van der Waals surface area contributed by atoms with E-state index in [9.17, 15) is 5.11 Å². The molecule has 0 fully saturated rings. The third kappa shape index (κ3) is 2.13. The molecule has 0 amide bonds. The van der Waals surface area contributed by atoms with Gasteiger partial charge in [-0.3, -0.25) is 4.68 Å². The molecule has 1 unspecified atom stereocenters. The number of hydrogen-bond acceptors (Lipinski definition) is 4. The van der Waals surface area contributed by atoms with E-state index in [2.05, 4.69) is 5.10 Å². The molecule has 1 aromatic heterocycles. The van der Waals surface area contributed by atoms with Crippen LogP contribution in [0.1, 0.15) is 24.3 Å². The highest BCUT2D eigenvalue weighted by molar-refractivity contribution is 6.31. The van der Waals surface area contributed by atoms with E-state index in [1.807, 2.05) is 25.1 Å². The Morgan fingerprint density at radius 2 is 2.20 bits per heavy atom. The Balaban J connectivity index is 2.06. The Labute approximate surface area is 121 Å². The molecule has 5 nitrogen and oxygen atoms in total. The average Bonchev–Trinajstić information content (AvgIpc) is 2.87. The Kier molecular flexibility index (Phi) is 3.54. The lowest BCUT2D eigenvalue weighted by atomic mass is 10.0. The van der Waals surface area contributed by atoms with Crippen molar-refractivity contribution in [3.05, 3.63) is 40.7 Å². The first-order valence-corrected chi connectivity index (χ1v) is 6.88. The number of aliphatic hydroxyl groups excluding tert-OH is 1. The smallest absolute Gasteiger partial charge is 0.167 e. The fraction of sp³-hybridized carbons (Fsp3) is 0.357. The van der Waals surface area contributed by atoms with Crippen LogP contribution < -0.4 is 9.47 Å². The van der Waals surface area contributed by atoms with Gasteiger partial charge in [0.15, 0.2) is 11.5 Å². The highest BCUT2D eigenvalue weighted by atomic mass is 35.5. The van der Waals surface area contributed by atoms with E-state index in [-0.39, 0.29) is 0 Å². The molecule has 1 aromatic carbocycles. The lowest BCUT2D eigenvalue weighted by molar-refractivity contribution is 0.156. The molecule has 0 bridgehead atoms. The third-order valence-corrected chi connectivity index (χ3v) is 3.57. The predicted molar refractivity (Wildman–Crippen MR) is 74.4 cm³/mol. The van der Waals surface area contributed by atoms with E-state index in [4.69, 9.17) is 21.1 Å². The Morgan fingerprint density at radius 3 is 3.00 bits per heavy atom. The molecule has 0 saturated heterocycles. The molecule has 6 heteroatoms. The second-order valence-corrected chi connectivity index (χ2v) is 4.87. The molecule has 0 spiro atoms.